The van der Waals surface area contributed by atoms with Crippen LogP contribution in [-0.4, -0.2) is 9.13 Å². The van der Waals surface area contributed by atoms with Crippen molar-refractivity contribution in [2.75, 3.05) is 4.90 Å². The Hall–Kier alpha value is -7.08. The molecule has 0 fully saturated rings. The summed E-state index contributed by atoms with van der Waals surface area (Å²) in [5.41, 5.74) is 12.2. The minimum absolute atomic E-state index is 0.545. The summed E-state index contributed by atoms with van der Waals surface area (Å²) in [6.07, 6.45) is 0. The molecule has 0 N–H and O–H groups in total. The van der Waals surface area contributed by atoms with E-state index in [0.717, 1.165) is 72.4 Å². The highest BCUT2D eigenvalue weighted by molar-refractivity contribution is 6.16. The van der Waals surface area contributed by atoms with E-state index < -0.39 is 0 Å². The zero-order chi connectivity index (χ0) is 32.6. The average Bonchev–Trinajstić information content (AvgIpc) is 3.69. The van der Waals surface area contributed by atoms with Gasteiger partial charge < -0.3 is 14.0 Å². The van der Waals surface area contributed by atoms with E-state index in [4.69, 9.17) is 0 Å². The second-order valence-corrected chi connectivity index (χ2v) is 12.5. The highest BCUT2D eigenvalue weighted by atomic mass is 15.2. The summed E-state index contributed by atoms with van der Waals surface area (Å²) in [6.45, 7) is 0. The van der Waals surface area contributed by atoms with Crippen molar-refractivity contribution in [1.82, 2.24) is 9.13 Å². The minimum atomic E-state index is 0.545. The van der Waals surface area contributed by atoms with Crippen LogP contribution in [0.2, 0.25) is 0 Å². The van der Waals surface area contributed by atoms with Gasteiger partial charge in [0, 0.05) is 32.9 Å². The minimum Gasteiger partial charge on any atom is -0.309 e. The Balaban J connectivity index is 1.22. The van der Waals surface area contributed by atoms with Gasteiger partial charge >= 0.3 is 0 Å². The molecule has 0 unspecified atom stereocenters. The third kappa shape index (κ3) is 3.85. The standard InChI is InChI=1S/C44H25N5/c45-26-28-20-30(24-32(22-28)47-38-14-4-1-10-34(38)35-11-2-5-15-39(35)47)31-21-29(27-46)23-33(25-31)48-41-17-7-8-18-42(41)49-40-16-6-3-12-36(40)37-13-9-19-43(48)44(37)49/h1-25H. The Morgan fingerprint density at radius 1 is 0.388 bits per heavy atom. The van der Waals surface area contributed by atoms with Crippen LogP contribution >= 0.6 is 0 Å². The fourth-order valence-electron chi connectivity index (χ4n) is 7.83. The molecule has 0 saturated heterocycles. The van der Waals surface area contributed by atoms with E-state index in [-0.39, 0.29) is 0 Å². The predicted octanol–water partition coefficient (Wildman–Crippen LogP) is 11.1. The lowest BCUT2D eigenvalue weighted by Gasteiger charge is -2.33. The fraction of sp³-hybridized carbons (Fsp3) is 0. The van der Waals surface area contributed by atoms with Crippen molar-refractivity contribution in [1.29, 1.82) is 10.5 Å². The van der Waals surface area contributed by atoms with Crippen LogP contribution in [0.5, 0.6) is 0 Å². The summed E-state index contributed by atoms with van der Waals surface area (Å²) in [7, 11) is 0. The SMILES string of the molecule is N#Cc1cc(-c2cc(C#N)cc(-n3c4ccccc4c4ccccc43)c2)cc(N2c3ccccc3-n3c4ccccc4c4cccc2c43)c1. The molecule has 0 saturated carbocycles. The van der Waals surface area contributed by atoms with Gasteiger partial charge in [0.2, 0.25) is 0 Å². The van der Waals surface area contributed by atoms with E-state index in [1.54, 1.807) is 0 Å². The molecule has 2 aromatic heterocycles. The zero-order valence-corrected chi connectivity index (χ0v) is 26.2. The van der Waals surface area contributed by atoms with Crippen LogP contribution in [0, 0.1) is 22.7 Å². The fourth-order valence-corrected chi connectivity index (χ4v) is 7.83. The van der Waals surface area contributed by atoms with Crippen molar-refractivity contribution >= 4 is 60.7 Å². The molecule has 7 aromatic carbocycles. The van der Waals surface area contributed by atoms with Crippen molar-refractivity contribution < 1.29 is 0 Å². The lowest BCUT2D eigenvalue weighted by molar-refractivity contribution is 1.11. The van der Waals surface area contributed by atoms with Crippen LogP contribution in [0.4, 0.5) is 17.1 Å². The third-order valence-electron chi connectivity index (χ3n) is 9.80. The van der Waals surface area contributed by atoms with Gasteiger partial charge in [-0.05, 0) is 83.9 Å². The van der Waals surface area contributed by atoms with Crippen molar-refractivity contribution in [2.45, 2.75) is 0 Å². The maximum Gasteiger partial charge on any atom is 0.0992 e. The van der Waals surface area contributed by atoms with E-state index in [9.17, 15) is 10.5 Å². The first-order chi connectivity index (χ1) is 24.2. The largest absolute Gasteiger partial charge is 0.309 e. The van der Waals surface area contributed by atoms with Crippen molar-refractivity contribution in [3.8, 4) is 34.6 Å². The molecule has 5 heteroatoms. The Morgan fingerprint density at radius 2 is 0.857 bits per heavy atom. The number of hydrogen-bond donors (Lipinski definition) is 0. The molecule has 0 radical (unpaired) electrons. The highest BCUT2D eigenvalue weighted by Crippen LogP contribution is 2.50. The molecule has 5 nitrogen and oxygen atoms in total. The number of benzene rings is 7. The topological polar surface area (TPSA) is 60.7 Å². The van der Waals surface area contributed by atoms with E-state index in [0.29, 0.717) is 11.1 Å². The molecular formula is C44H25N5. The molecule has 0 spiro atoms. The molecule has 0 aliphatic carbocycles. The number of fused-ring (bicyclic) bond motifs is 8. The second kappa shape index (κ2) is 10.2. The third-order valence-corrected chi connectivity index (χ3v) is 9.80. The molecule has 9 aromatic rings. The molecule has 226 valence electrons. The molecule has 1 aliphatic heterocycles. The second-order valence-electron chi connectivity index (χ2n) is 12.5. The summed E-state index contributed by atoms with van der Waals surface area (Å²) < 4.78 is 4.58. The lowest BCUT2D eigenvalue weighted by atomic mass is 9.98. The number of nitrogens with zero attached hydrogens (tertiary/aromatic N) is 5. The Labute approximate surface area is 281 Å². The first kappa shape index (κ1) is 27.1. The molecule has 49 heavy (non-hydrogen) atoms. The summed E-state index contributed by atoms with van der Waals surface area (Å²) in [5, 5.41) is 25.3. The smallest absolute Gasteiger partial charge is 0.0992 e. The average molecular weight is 624 g/mol. The van der Waals surface area contributed by atoms with Gasteiger partial charge in [-0.1, -0.05) is 78.9 Å². The van der Waals surface area contributed by atoms with Crippen LogP contribution in [0.25, 0.3) is 66.1 Å². The monoisotopic (exact) mass is 623 g/mol. The number of rotatable bonds is 3. The molecular weight excluding hydrogens is 599 g/mol. The number of para-hydroxylation sites is 6. The van der Waals surface area contributed by atoms with E-state index >= 15 is 0 Å². The van der Waals surface area contributed by atoms with E-state index in [1.165, 1.54) is 10.8 Å². The quantitative estimate of drug-likeness (QED) is 0.197. The number of nitriles is 2. The first-order valence-electron chi connectivity index (χ1n) is 16.2. The Kier molecular flexibility index (Phi) is 5.64. The molecule has 0 amide bonds. The zero-order valence-electron chi connectivity index (χ0n) is 26.2. The summed E-state index contributed by atoms with van der Waals surface area (Å²) in [4.78, 5) is 2.27. The normalized spacial score (nSPS) is 12.0. The number of hydrogen-bond acceptors (Lipinski definition) is 3. The van der Waals surface area contributed by atoms with Gasteiger partial charge in [0.15, 0.2) is 0 Å². The van der Waals surface area contributed by atoms with Crippen LogP contribution in [0.15, 0.2) is 152 Å². The highest BCUT2D eigenvalue weighted by Gasteiger charge is 2.28. The van der Waals surface area contributed by atoms with Gasteiger partial charge in [-0.25, -0.2) is 0 Å². The summed E-state index contributed by atoms with van der Waals surface area (Å²) >= 11 is 0. The maximum atomic E-state index is 10.3. The van der Waals surface area contributed by atoms with Gasteiger partial charge in [-0.15, -0.1) is 0 Å². The van der Waals surface area contributed by atoms with Gasteiger partial charge in [-0.3, -0.25) is 0 Å². The van der Waals surface area contributed by atoms with Crippen LogP contribution < -0.4 is 4.90 Å². The van der Waals surface area contributed by atoms with Crippen molar-refractivity contribution in [2.24, 2.45) is 0 Å². The predicted molar refractivity (Wildman–Crippen MR) is 198 cm³/mol. The van der Waals surface area contributed by atoms with Gasteiger partial charge in [0.1, 0.15) is 0 Å². The molecule has 10 rings (SSSR count). The summed E-state index contributed by atoms with van der Waals surface area (Å²) in [5.74, 6) is 0. The molecule has 0 bridgehead atoms. The molecule has 0 atom stereocenters. The van der Waals surface area contributed by atoms with Crippen LogP contribution in [0.1, 0.15) is 11.1 Å². The van der Waals surface area contributed by atoms with Gasteiger partial charge in [0.05, 0.1) is 62.4 Å². The van der Waals surface area contributed by atoms with Crippen molar-refractivity contribution in [3.05, 3.63) is 163 Å². The summed E-state index contributed by atoms with van der Waals surface area (Å²) in [6, 6.07) is 57.0. The number of anilines is 3. The van der Waals surface area contributed by atoms with Gasteiger partial charge in [-0.2, -0.15) is 10.5 Å². The number of aromatic nitrogens is 2. The van der Waals surface area contributed by atoms with Crippen LogP contribution in [-0.2, 0) is 0 Å². The van der Waals surface area contributed by atoms with Crippen LogP contribution in [0.3, 0.4) is 0 Å². The lowest BCUT2D eigenvalue weighted by Crippen LogP contribution is -2.18. The van der Waals surface area contributed by atoms with Gasteiger partial charge in [0.25, 0.3) is 0 Å². The Morgan fingerprint density at radius 3 is 1.49 bits per heavy atom. The van der Waals surface area contributed by atoms with Crippen molar-refractivity contribution in [3.63, 3.8) is 0 Å². The maximum absolute atomic E-state index is 10.3. The molecule has 1 aliphatic rings. The van der Waals surface area contributed by atoms with E-state index in [2.05, 4.69) is 141 Å². The molecule has 3 heterocycles. The first-order valence-corrected chi connectivity index (χ1v) is 16.2. The van der Waals surface area contributed by atoms with E-state index in [1.807, 2.05) is 36.4 Å². The Bertz CT molecular complexity index is 2870.